The molecule has 0 aromatic carbocycles. The third kappa shape index (κ3) is 1.55. The standard InChI is InChI=1S/C8H10N2O/c1-3-7(2)10-8(11)5-4-6-9-10/h3-7H,1H2,2H3. The molecule has 0 saturated carbocycles. The van der Waals surface area contributed by atoms with Crippen molar-refractivity contribution in [3.8, 4) is 0 Å². The fourth-order valence-electron chi connectivity index (χ4n) is 0.775. The highest BCUT2D eigenvalue weighted by Gasteiger charge is 1.99. The first-order chi connectivity index (χ1) is 5.25. The average Bonchev–Trinajstić information content (AvgIpc) is 2.04. The van der Waals surface area contributed by atoms with Gasteiger partial charge < -0.3 is 0 Å². The molecule has 3 nitrogen and oxygen atoms in total. The van der Waals surface area contributed by atoms with Gasteiger partial charge in [-0.05, 0) is 13.0 Å². The number of rotatable bonds is 2. The van der Waals surface area contributed by atoms with Crippen molar-refractivity contribution in [2.45, 2.75) is 13.0 Å². The van der Waals surface area contributed by atoms with E-state index in [1.165, 1.54) is 10.7 Å². The van der Waals surface area contributed by atoms with Gasteiger partial charge in [0.05, 0.1) is 6.04 Å². The predicted molar refractivity (Wildman–Crippen MR) is 43.4 cm³/mol. The zero-order valence-electron chi connectivity index (χ0n) is 6.40. The maximum Gasteiger partial charge on any atom is 0.267 e. The van der Waals surface area contributed by atoms with Crippen molar-refractivity contribution in [1.29, 1.82) is 0 Å². The van der Waals surface area contributed by atoms with Gasteiger partial charge in [0.25, 0.3) is 5.56 Å². The molecule has 1 heterocycles. The molecule has 1 aromatic heterocycles. The molecule has 1 aromatic rings. The van der Waals surface area contributed by atoms with Crippen molar-refractivity contribution in [2.24, 2.45) is 0 Å². The van der Waals surface area contributed by atoms with Crippen LogP contribution in [0.25, 0.3) is 0 Å². The summed E-state index contributed by atoms with van der Waals surface area (Å²) in [5, 5.41) is 3.88. The Labute approximate surface area is 65.0 Å². The van der Waals surface area contributed by atoms with Gasteiger partial charge in [-0.2, -0.15) is 5.10 Å². The summed E-state index contributed by atoms with van der Waals surface area (Å²) in [5.41, 5.74) is -0.0973. The minimum absolute atomic E-state index is 0.0382. The normalized spacial score (nSPS) is 12.5. The van der Waals surface area contributed by atoms with Crippen molar-refractivity contribution in [3.63, 3.8) is 0 Å². The summed E-state index contributed by atoms with van der Waals surface area (Å²) >= 11 is 0. The lowest BCUT2D eigenvalue weighted by Gasteiger charge is -2.06. The van der Waals surface area contributed by atoms with Crippen molar-refractivity contribution in [1.82, 2.24) is 9.78 Å². The van der Waals surface area contributed by atoms with E-state index in [4.69, 9.17) is 0 Å². The Morgan fingerprint density at radius 3 is 3.09 bits per heavy atom. The van der Waals surface area contributed by atoms with E-state index in [1.54, 1.807) is 18.3 Å². The largest absolute Gasteiger partial charge is 0.268 e. The number of hydrogen-bond acceptors (Lipinski definition) is 2. The quantitative estimate of drug-likeness (QED) is 0.589. The Morgan fingerprint density at radius 2 is 2.55 bits per heavy atom. The van der Waals surface area contributed by atoms with Gasteiger partial charge in [0.15, 0.2) is 0 Å². The molecule has 0 radical (unpaired) electrons. The molecule has 0 fully saturated rings. The van der Waals surface area contributed by atoms with E-state index < -0.39 is 0 Å². The number of nitrogens with zero attached hydrogens (tertiary/aromatic N) is 2. The SMILES string of the molecule is C=CC(C)n1ncccc1=O. The second kappa shape index (κ2) is 3.14. The second-order valence-electron chi connectivity index (χ2n) is 2.28. The van der Waals surface area contributed by atoms with E-state index in [2.05, 4.69) is 11.7 Å². The lowest BCUT2D eigenvalue weighted by molar-refractivity contribution is 0.546. The Bertz CT molecular complexity index is 303. The molecule has 58 valence electrons. The molecule has 0 amide bonds. The van der Waals surface area contributed by atoms with Crippen LogP contribution in [0.5, 0.6) is 0 Å². The molecule has 1 rings (SSSR count). The van der Waals surface area contributed by atoms with Gasteiger partial charge in [-0.25, -0.2) is 4.68 Å². The highest BCUT2D eigenvalue weighted by Crippen LogP contribution is 1.97. The van der Waals surface area contributed by atoms with Crippen molar-refractivity contribution in [2.75, 3.05) is 0 Å². The van der Waals surface area contributed by atoms with E-state index in [0.717, 1.165) is 0 Å². The lowest BCUT2D eigenvalue weighted by atomic mass is 10.3. The number of allylic oxidation sites excluding steroid dienone is 1. The fourth-order valence-corrected chi connectivity index (χ4v) is 0.775. The van der Waals surface area contributed by atoms with Crippen molar-refractivity contribution >= 4 is 0 Å². The molecule has 1 unspecified atom stereocenters. The Morgan fingerprint density at radius 1 is 1.82 bits per heavy atom. The Kier molecular flexibility index (Phi) is 2.21. The molecular formula is C8H10N2O. The number of hydrogen-bond donors (Lipinski definition) is 0. The highest BCUT2D eigenvalue weighted by atomic mass is 16.1. The lowest BCUT2D eigenvalue weighted by Crippen LogP contribution is -2.23. The van der Waals surface area contributed by atoms with E-state index in [9.17, 15) is 4.79 Å². The van der Waals surface area contributed by atoms with Crippen LogP contribution in [0.2, 0.25) is 0 Å². The Balaban J connectivity index is 3.13. The van der Waals surface area contributed by atoms with Crippen molar-refractivity contribution in [3.05, 3.63) is 41.3 Å². The molecule has 0 N–H and O–H groups in total. The first kappa shape index (κ1) is 7.72. The third-order valence-corrected chi connectivity index (χ3v) is 1.47. The molecule has 1 atom stereocenters. The maximum atomic E-state index is 11.1. The van der Waals surface area contributed by atoms with Crippen LogP contribution < -0.4 is 5.56 Å². The van der Waals surface area contributed by atoms with Crippen LogP contribution in [0.1, 0.15) is 13.0 Å². The minimum Gasteiger partial charge on any atom is -0.268 e. The molecule has 3 heteroatoms. The zero-order valence-corrected chi connectivity index (χ0v) is 6.40. The zero-order chi connectivity index (χ0) is 8.27. The van der Waals surface area contributed by atoms with Gasteiger partial charge in [-0.3, -0.25) is 4.79 Å². The molecule has 0 spiro atoms. The topological polar surface area (TPSA) is 34.9 Å². The maximum absolute atomic E-state index is 11.1. The summed E-state index contributed by atoms with van der Waals surface area (Å²) < 4.78 is 1.38. The summed E-state index contributed by atoms with van der Waals surface area (Å²) in [5.74, 6) is 0. The third-order valence-electron chi connectivity index (χ3n) is 1.47. The average molecular weight is 150 g/mol. The van der Waals surface area contributed by atoms with Crippen LogP contribution >= 0.6 is 0 Å². The van der Waals surface area contributed by atoms with Crippen LogP contribution in [0.15, 0.2) is 35.8 Å². The van der Waals surface area contributed by atoms with Gasteiger partial charge in [0, 0.05) is 12.3 Å². The second-order valence-corrected chi connectivity index (χ2v) is 2.28. The first-order valence-electron chi connectivity index (χ1n) is 3.42. The van der Waals surface area contributed by atoms with E-state index in [1.807, 2.05) is 6.92 Å². The van der Waals surface area contributed by atoms with E-state index in [-0.39, 0.29) is 11.6 Å². The van der Waals surface area contributed by atoms with Gasteiger partial charge in [0.2, 0.25) is 0 Å². The molecule has 0 bridgehead atoms. The molecule has 0 aliphatic carbocycles. The summed E-state index contributed by atoms with van der Waals surface area (Å²) in [6, 6.07) is 3.06. The van der Waals surface area contributed by atoms with Gasteiger partial charge >= 0.3 is 0 Å². The fraction of sp³-hybridized carbons (Fsp3) is 0.250. The van der Waals surface area contributed by atoms with Crippen LogP contribution in [-0.4, -0.2) is 9.78 Å². The van der Waals surface area contributed by atoms with Crippen LogP contribution in [0.4, 0.5) is 0 Å². The van der Waals surface area contributed by atoms with Crippen LogP contribution in [-0.2, 0) is 0 Å². The summed E-state index contributed by atoms with van der Waals surface area (Å²) in [4.78, 5) is 11.1. The molecular weight excluding hydrogens is 140 g/mol. The molecule has 0 aliphatic heterocycles. The molecule has 11 heavy (non-hydrogen) atoms. The smallest absolute Gasteiger partial charge is 0.267 e. The molecule has 0 saturated heterocycles. The van der Waals surface area contributed by atoms with Crippen LogP contribution in [0.3, 0.4) is 0 Å². The highest BCUT2D eigenvalue weighted by molar-refractivity contribution is 4.89. The van der Waals surface area contributed by atoms with Gasteiger partial charge in [-0.1, -0.05) is 6.08 Å². The minimum atomic E-state index is -0.0973. The predicted octanol–water partition coefficient (Wildman–Crippen LogP) is 0.990. The Hall–Kier alpha value is -1.38. The summed E-state index contributed by atoms with van der Waals surface area (Å²) in [6.07, 6.45) is 3.26. The summed E-state index contributed by atoms with van der Waals surface area (Å²) in [7, 11) is 0. The monoisotopic (exact) mass is 150 g/mol. The first-order valence-corrected chi connectivity index (χ1v) is 3.42. The van der Waals surface area contributed by atoms with E-state index in [0.29, 0.717) is 0 Å². The number of aromatic nitrogens is 2. The van der Waals surface area contributed by atoms with Gasteiger partial charge in [0.1, 0.15) is 0 Å². The molecule has 0 aliphatic rings. The van der Waals surface area contributed by atoms with Crippen molar-refractivity contribution < 1.29 is 0 Å². The van der Waals surface area contributed by atoms with Crippen LogP contribution in [0, 0.1) is 0 Å². The summed E-state index contributed by atoms with van der Waals surface area (Å²) in [6.45, 7) is 5.44. The van der Waals surface area contributed by atoms with E-state index >= 15 is 0 Å². The van der Waals surface area contributed by atoms with Gasteiger partial charge in [-0.15, -0.1) is 6.58 Å².